The Kier molecular flexibility index (Phi) is 3.09. The molecule has 0 radical (unpaired) electrons. The molecule has 0 aliphatic carbocycles. The summed E-state index contributed by atoms with van der Waals surface area (Å²) in [6.45, 7) is 0. The van der Waals surface area contributed by atoms with Crippen LogP contribution >= 0.6 is 0 Å². The van der Waals surface area contributed by atoms with Crippen LogP contribution in [0.5, 0.6) is 17.2 Å². The van der Waals surface area contributed by atoms with Gasteiger partial charge < -0.3 is 9.84 Å². The van der Waals surface area contributed by atoms with Gasteiger partial charge in [0, 0.05) is 6.07 Å². The number of nitrogens with zero attached hydrogens (tertiary/aromatic N) is 1. The van der Waals surface area contributed by atoms with Crippen LogP contribution in [0.4, 0.5) is 10.1 Å². The second-order valence-corrected chi connectivity index (χ2v) is 3.47. The normalized spacial score (nSPS) is 10.1. The summed E-state index contributed by atoms with van der Waals surface area (Å²) in [7, 11) is 0. The van der Waals surface area contributed by atoms with Crippen molar-refractivity contribution >= 4 is 5.69 Å². The third-order valence-corrected chi connectivity index (χ3v) is 2.19. The van der Waals surface area contributed by atoms with Gasteiger partial charge in [0.15, 0.2) is 11.6 Å². The maximum atomic E-state index is 13.5. The van der Waals surface area contributed by atoms with Crippen LogP contribution in [0, 0.1) is 15.9 Å². The molecule has 5 nitrogen and oxygen atoms in total. The molecule has 0 spiro atoms. The second kappa shape index (κ2) is 4.70. The highest BCUT2D eigenvalue weighted by Crippen LogP contribution is 2.28. The van der Waals surface area contributed by atoms with Gasteiger partial charge in [-0.25, -0.2) is 4.39 Å². The number of halogens is 1. The lowest BCUT2D eigenvalue weighted by molar-refractivity contribution is -0.385. The molecule has 0 bridgehead atoms. The Morgan fingerprint density at radius 1 is 1.17 bits per heavy atom. The zero-order chi connectivity index (χ0) is 13.1. The lowest BCUT2D eigenvalue weighted by atomic mass is 10.3. The van der Waals surface area contributed by atoms with Gasteiger partial charge in [-0.3, -0.25) is 10.1 Å². The van der Waals surface area contributed by atoms with E-state index in [4.69, 9.17) is 9.84 Å². The van der Waals surface area contributed by atoms with Crippen molar-refractivity contribution < 1.29 is 19.2 Å². The minimum atomic E-state index is -0.822. The number of rotatable bonds is 3. The number of non-ortho nitro benzene ring substituents is 1. The van der Waals surface area contributed by atoms with E-state index < -0.39 is 10.7 Å². The van der Waals surface area contributed by atoms with Crippen molar-refractivity contribution in [1.29, 1.82) is 0 Å². The maximum Gasteiger partial charge on any atom is 0.272 e. The van der Waals surface area contributed by atoms with E-state index in [-0.39, 0.29) is 17.2 Å². The van der Waals surface area contributed by atoms with E-state index in [1.807, 2.05) is 0 Å². The minimum Gasteiger partial charge on any atom is -0.508 e. The standard InChI is InChI=1S/C12H8FNO4/c13-11-7-8(14(16)17)1-6-12(11)18-10-4-2-9(15)3-5-10/h1-7,15H. The van der Waals surface area contributed by atoms with Gasteiger partial charge in [-0.1, -0.05) is 0 Å². The van der Waals surface area contributed by atoms with Crippen molar-refractivity contribution in [2.45, 2.75) is 0 Å². The fourth-order valence-corrected chi connectivity index (χ4v) is 1.33. The van der Waals surface area contributed by atoms with Gasteiger partial charge in [0.1, 0.15) is 11.5 Å². The molecule has 92 valence electrons. The van der Waals surface area contributed by atoms with Crippen LogP contribution in [0.15, 0.2) is 42.5 Å². The highest BCUT2D eigenvalue weighted by Gasteiger charge is 2.12. The van der Waals surface area contributed by atoms with E-state index in [9.17, 15) is 14.5 Å². The number of nitro benzene ring substituents is 1. The number of phenols is 1. The summed E-state index contributed by atoms with van der Waals surface area (Å²) in [5.74, 6) is -0.560. The van der Waals surface area contributed by atoms with E-state index in [0.717, 1.165) is 12.1 Å². The van der Waals surface area contributed by atoms with Crippen LogP contribution in [0.25, 0.3) is 0 Å². The molecule has 0 aromatic heterocycles. The lowest BCUT2D eigenvalue weighted by Gasteiger charge is -2.06. The third kappa shape index (κ3) is 2.54. The maximum absolute atomic E-state index is 13.5. The molecule has 2 aromatic carbocycles. The fraction of sp³-hybridized carbons (Fsp3) is 0. The SMILES string of the molecule is O=[N+]([O-])c1ccc(Oc2ccc(O)cc2)c(F)c1. The minimum absolute atomic E-state index is 0.0616. The Hall–Kier alpha value is -2.63. The van der Waals surface area contributed by atoms with E-state index in [1.165, 1.54) is 30.3 Å². The average molecular weight is 249 g/mol. The summed E-state index contributed by atoms with van der Waals surface area (Å²) in [5, 5.41) is 19.5. The predicted octanol–water partition coefficient (Wildman–Crippen LogP) is 3.23. The summed E-state index contributed by atoms with van der Waals surface area (Å²) >= 11 is 0. The summed E-state index contributed by atoms with van der Waals surface area (Å²) in [4.78, 5) is 9.74. The topological polar surface area (TPSA) is 72.6 Å². The molecule has 0 unspecified atom stereocenters. The van der Waals surface area contributed by atoms with Crippen molar-refractivity contribution in [3.8, 4) is 17.2 Å². The van der Waals surface area contributed by atoms with Crippen LogP contribution in [-0.2, 0) is 0 Å². The Labute approximate surface area is 101 Å². The number of benzene rings is 2. The van der Waals surface area contributed by atoms with Gasteiger partial charge in [0.05, 0.1) is 11.0 Å². The van der Waals surface area contributed by atoms with Crippen molar-refractivity contribution in [2.75, 3.05) is 0 Å². The largest absolute Gasteiger partial charge is 0.508 e. The molecule has 0 aliphatic rings. The molecule has 0 atom stereocenters. The first-order chi connectivity index (χ1) is 8.56. The average Bonchev–Trinajstić information content (AvgIpc) is 2.34. The second-order valence-electron chi connectivity index (χ2n) is 3.47. The number of hydrogen-bond acceptors (Lipinski definition) is 4. The summed E-state index contributed by atoms with van der Waals surface area (Å²) < 4.78 is 18.7. The van der Waals surface area contributed by atoms with Crippen LogP contribution in [-0.4, -0.2) is 10.0 Å². The molecule has 1 N–H and O–H groups in total. The van der Waals surface area contributed by atoms with E-state index in [2.05, 4.69) is 0 Å². The van der Waals surface area contributed by atoms with Crippen molar-refractivity contribution in [2.24, 2.45) is 0 Å². The Balaban J connectivity index is 2.24. The quantitative estimate of drug-likeness (QED) is 0.669. The molecule has 18 heavy (non-hydrogen) atoms. The van der Waals surface area contributed by atoms with E-state index in [0.29, 0.717) is 5.75 Å². The van der Waals surface area contributed by atoms with Crippen LogP contribution < -0.4 is 4.74 Å². The molecule has 0 heterocycles. The third-order valence-electron chi connectivity index (χ3n) is 2.19. The Morgan fingerprint density at radius 3 is 2.39 bits per heavy atom. The molecule has 0 aliphatic heterocycles. The molecule has 2 aromatic rings. The van der Waals surface area contributed by atoms with Crippen LogP contribution in [0.2, 0.25) is 0 Å². The lowest BCUT2D eigenvalue weighted by Crippen LogP contribution is -1.92. The number of phenolic OH excluding ortho intramolecular Hbond substituents is 1. The van der Waals surface area contributed by atoms with Gasteiger partial charge in [-0.2, -0.15) is 0 Å². The van der Waals surface area contributed by atoms with Crippen molar-refractivity contribution in [3.05, 3.63) is 58.4 Å². The summed E-state index contributed by atoms with van der Waals surface area (Å²) in [5.41, 5.74) is -0.342. The van der Waals surface area contributed by atoms with Gasteiger partial charge in [-0.15, -0.1) is 0 Å². The van der Waals surface area contributed by atoms with E-state index >= 15 is 0 Å². The number of aromatic hydroxyl groups is 1. The summed E-state index contributed by atoms with van der Waals surface area (Å²) in [6, 6.07) is 8.80. The molecule has 0 saturated carbocycles. The molecule has 0 saturated heterocycles. The molecular weight excluding hydrogens is 241 g/mol. The molecule has 6 heteroatoms. The zero-order valence-electron chi connectivity index (χ0n) is 9.04. The van der Waals surface area contributed by atoms with Gasteiger partial charge in [0.2, 0.25) is 0 Å². The molecular formula is C12H8FNO4. The highest BCUT2D eigenvalue weighted by atomic mass is 19.1. The first-order valence-corrected chi connectivity index (χ1v) is 4.97. The monoisotopic (exact) mass is 249 g/mol. The number of nitro groups is 1. The fourth-order valence-electron chi connectivity index (χ4n) is 1.33. The molecule has 0 fully saturated rings. The van der Waals surface area contributed by atoms with E-state index in [1.54, 1.807) is 0 Å². The predicted molar refractivity (Wildman–Crippen MR) is 61.2 cm³/mol. The van der Waals surface area contributed by atoms with Gasteiger partial charge >= 0.3 is 0 Å². The molecule has 0 amide bonds. The highest BCUT2D eigenvalue weighted by molar-refractivity contribution is 5.40. The van der Waals surface area contributed by atoms with Gasteiger partial charge in [-0.05, 0) is 30.3 Å². The zero-order valence-corrected chi connectivity index (χ0v) is 9.04. The smallest absolute Gasteiger partial charge is 0.272 e. The van der Waals surface area contributed by atoms with Crippen molar-refractivity contribution in [3.63, 3.8) is 0 Å². The first-order valence-electron chi connectivity index (χ1n) is 4.97. The van der Waals surface area contributed by atoms with Gasteiger partial charge in [0.25, 0.3) is 5.69 Å². The number of hydrogen-bond donors (Lipinski definition) is 1. The van der Waals surface area contributed by atoms with Crippen LogP contribution in [0.1, 0.15) is 0 Å². The number of ether oxygens (including phenoxy) is 1. The summed E-state index contributed by atoms with van der Waals surface area (Å²) in [6.07, 6.45) is 0. The Morgan fingerprint density at radius 2 is 1.83 bits per heavy atom. The Bertz CT molecular complexity index is 583. The first kappa shape index (κ1) is 11.8. The molecule has 2 rings (SSSR count). The van der Waals surface area contributed by atoms with Crippen LogP contribution in [0.3, 0.4) is 0 Å². The van der Waals surface area contributed by atoms with Crippen molar-refractivity contribution in [1.82, 2.24) is 0 Å².